The Morgan fingerprint density at radius 1 is 1.00 bits per heavy atom. The standard InChI is InChI=1S/C22H24N6O/c1-17(25-18-7-9-19(10-8-18)27-11-13-29-14-12-27)26-22-21(15-23)24-16-28(22)20-5-3-2-4-6-20/h2-10,15-16,23,25-26H,1,11-14H2. The van der Waals surface area contributed by atoms with Gasteiger partial charge in [0.25, 0.3) is 0 Å². The van der Waals surface area contributed by atoms with E-state index in [-0.39, 0.29) is 0 Å². The first kappa shape index (κ1) is 18.8. The first-order valence-corrected chi connectivity index (χ1v) is 9.53. The normalized spacial score (nSPS) is 13.7. The van der Waals surface area contributed by atoms with E-state index >= 15 is 0 Å². The zero-order valence-corrected chi connectivity index (χ0v) is 16.1. The highest BCUT2D eigenvalue weighted by molar-refractivity contribution is 5.83. The van der Waals surface area contributed by atoms with Crippen molar-refractivity contribution in [2.45, 2.75) is 0 Å². The molecule has 3 aromatic rings. The summed E-state index contributed by atoms with van der Waals surface area (Å²) in [7, 11) is 0. The summed E-state index contributed by atoms with van der Waals surface area (Å²) >= 11 is 0. The zero-order chi connectivity index (χ0) is 20.1. The van der Waals surface area contributed by atoms with E-state index in [1.807, 2.05) is 47.0 Å². The molecular weight excluding hydrogens is 364 g/mol. The van der Waals surface area contributed by atoms with Crippen molar-refractivity contribution < 1.29 is 4.74 Å². The minimum Gasteiger partial charge on any atom is -0.378 e. The van der Waals surface area contributed by atoms with E-state index < -0.39 is 0 Å². The number of morpholine rings is 1. The molecule has 1 aromatic heterocycles. The number of imidazole rings is 1. The second kappa shape index (κ2) is 8.62. The van der Waals surface area contributed by atoms with Gasteiger partial charge in [-0.3, -0.25) is 4.57 Å². The molecule has 3 N–H and O–H groups in total. The Balaban J connectivity index is 1.46. The van der Waals surface area contributed by atoms with Gasteiger partial charge in [-0.1, -0.05) is 24.8 Å². The van der Waals surface area contributed by atoms with Crippen molar-refractivity contribution in [2.75, 3.05) is 41.8 Å². The Kier molecular flexibility index (Phi) is 5.58. The highest BCUT2D eigenvalue weighted by Gasteiger charge is 2.13. The summed E-state index contributed by atoms with van der Waals surface area (Å²) in [5.41, 5.74) is 3.62. The van der Waals surface area contributed by atoms with Crippen molar-refractivity contribution in [1.29, 1.82) is 5.41 Å². The molecule has 2 heterocycles. The van der Waals surface area contributed by atoms with Crippen molar-refractivity contribution in [2.24, 2.45) is 0 Å². The Morgan fingerprint density at radius 3 is 2.41 bits per heavy atom. The average Bonchev–Trinajstić information content (AvgIpc) is 3.18. The van der Waals surface area contributed by atoms with Crippen molar-refractivity contribution in [3.8, 4) is 5.69 Å². The summed E-state index contributed by atoms with van der Waals surface area (Å²) in [5.74, 6) is 1.29. The first-order chi connectivity index (χ1) is 14.2. The summed E-state index contributed by atoms with van der Waals surface area (Å²) in [4.78, 5) is 6.62. The molecule has 1 aliphatic heterocycles. The van der Waals surface area contributed by atoms with Gasteiger partial charge in [0.1, 0.15) is 23.7 Å². The number of ether oxygens (including phenoxy) is 1. The summed E-state index contributed by atoms with van der Waals surface area (Å²) in [6.45, 7) is 7.45. The van der Waals surface area contributed by atoms with Crippen LogP contribution in [0.2, 0.25) is 0 Å². The Hall–Kier alpha value is -3.58. The fraction of sp³-hybridized carbons (Fsp3) is 0.182. The minimum atomic E-state index is 0.541. The number of nitrogens with one attached hydrogen (secondary N) is 3. The van der Waals surface area contributed by atoms with Crippen LogP contribution in [0.1, 0.15) is 5.69 Å². The molecule has 1 fully saturated rings. The molecule has 148 valence electrons. The third kappa shape index (κ3) is 4.30. The Morgan fingerprint density at radius 2 is 1.72 bits per heavy atom. The molecule has 7 heteroatoms. The SMILES string of the molecule is C=C(Nc1ccc(N2CCOCC2)cc1)Nc1c(C=N)ncn1-c1ccccc1. The molecule has 0 spiro atoms. The van der Waals surface area contributed by atoms with Gasteiger partial charge in [-0.2, -0.15) is 0 Å². The van der Waals surface area contributed by atoms with Gasteiger partial charge in [0, 0.05) is 36.4 Å². The van der Waals surface area contributed by atoms with Gasteiger partial charge in [0.2, 0.25) is 0 Å². The molecule has 1 saturated heterocycles. The number of anilines is 3. The van der Waals surface area contributed by atoms with Crippen molar-refractivity contribution in [1.82, 2.24) is 9.55 Å². The van der Waals surface area contributed by atoms with Gasteiger partial charge in [-0.25, -0.2) is 4.98 Å². The van der Waals surface area contributed by atoms with Crippen LogP contribution in [-0.4, -0.2) is 42.1 Å². The number of hydrogen-bond acceptors (Lipinski definition) is 6. The van der Waals surface area contributed by atoms with Crippen molar-refractivity contribution in [3.05, 3.63) is 79.0 Å². The van der Waals surface area contributed by atoms with E-state index in [1.165, 1.54) is 11.9 Å². The molecular formula is C22H24N6O. The lowest BCUT2D eigenvalue weighted by Crippen LogP contribution is -2.36. The van der Waals surface area contributed by atoms with Crippen molar-refractivity contribution >= 4 is 23.4 Å². The van der Waals surface area contributed by atoms with E-state index in [4.69, 9.17) is 10.1 Å². The number of benzene rings is 2. The lowest BCUT2D eigenvalue weighted by Gasteiger charge is -2.29. The van der Waals surface area contributed by atoms with Crippen LogP contribution in [0.15, 0.2) is 73.3 Å². The molecule has 0 aliphatic carbocycles. The third-order valence-corrected chi connectivity index (χ3v) is 4.77. The second-order valence-electron chi connectivity index (χ2n) is 6.70. The molecule has 0 amide bonds. The molecule has 1 aliphatic rings. The maximum atomic E-state index is 7.64. The number of hydrogen-bond donors (Lipinski definition) is 3. The van der Waals surface area contributed by atoms with Crippen LogP contribution < -0.4 is 15.5 Å². The van der Waals surface area contributed by atoms with Gasteiger partial charge in [-0.15, -0.1) is 0 Å². The second-order valence-corrected chi connectivity index (χ2v) is 6.70. The van der Waals surface area contributed by atoms with Crippen LogP contribution in [-0.2, 0) is 4.74 Å². The van der Waals surface area contributed by atoms with Gasteiger partial charge in [0.05, 0.1) is 13.2 Å². The van der Waals surface area contributed by atoms with E-state index in [1.54, 1.807) is 6.33 Å². The van der Waals surface area contributed by atoms with Gasteiger partial charge >= 0.3 is 0 Å². The van der Waals surface area contributed by atoms with Crippen LogP contribution in [0, 0.1) is 5.41 Å². The minimum absolute atomic E-state index is 0.541. The topological polar surface area (TPSA) is 78.2 Å². The molecule has 0 unspecified atom stereocenters. The summed E-state index contributed by atoms with van der Waals surface area (Å²) in [6.07, 6.45) is 2.93. The fourth-order valence-corrected chi connectivity index (χ4v) is 3.30. The van der Waals surface area contributed by atoms with E-state index in [0.29, 0.717) is 17.3 Å². The van der Waals surface area contributed by atoms with E-state index in [2.05, 4.69) is 39.2 Å². The van der Waals surface area contributed by atoms with Crippen LogP contribution >= 0.6 is 0 Å². The van der Waals surface area contributed by atoms with Crippen molar-refractivity contribution in [3.63, 3.8) is 0 Å². The predicted octanol–water partition coefficient (Wildman–Crippen LogP) is 3.70. The zero-order valence-electron chi connectivity index (χ0n) is 16.1. The van der Waals surface area contributed by atoms with Crippen LogP contribution in [0.5, 0.6) is 0 Å². The Labute approximate surface area is 170 Å². The first-order valence-electron chi connectivity index (χ1n) is 9.53. The monoisotopic (exact) mass is 388 g/mol. The van der Waals surface area contributed by atoms with Gasteiger partial charge < -0.3 is 25.7 Å². The largest absolute Gasteiger partial charge is 0.378 e. The molecule has 4 rings (SSSR count). The average molecular weight is 388 g/mol. The summed E-state index contributed by atoms with van der Waals surface area (Å²) in [5, 5.41) is 14.2. The van der Waals surface area contributed by atoms with E-state index in [0.717, 1.165) is 37.7 Å². The molecule has 2 aromatic carbocycles. The Bertz CT molecular complexity index is 974. The quantitative estimate of drug-likeness (QED) is 0.538. The van der Waals surface area contributed by atoms with Gasteiger partial charge in [0.15, 0.2) is 0 Å². The molecule has 7 nitrogen and oxygen atoms in total. The lowest BCUT2D eigenvalue weighted by molar-refractivity contribution is 0.122. The maximum absolute atomic E-state index is 7.64. The predicted molar refractivity (Wildman–Crippen MR) is 117 cm³/mol. The highest BCUT2D eigenvalue weighted by atomic mass is 16.5. The molecule has 29 heavy (non-hydrogen) atoms. The van der Waals surface area contributed by atoms with E-state index in [9.17, 15) is 0 Å². The number of aromatic nitrogens is 2. The van der Waals surface area contributed by atoms with Crippen LogP contribution in [0.25, 0.3) is 5.69 Å². The summed E-state index contributed by atoms with van der Waals surface area (Å²) < 4.78 is 7.31. The van der Waals surface area contributed by atoms with Crippen LogP contribution in [0.3, 0.4) is 0 Å². The molecule has 0 atom stereocenters. The fourth-order valence-electron chi connectivity index (χ4n) is 3.30. The number of nitrogens with zero attached hydrogens (tertiary/aromatic N) is 3. The molecule has 0 radical (unpaired) electrons. The highest BCUT2D eigenvalue weighted by Crippen LogP contribution is 2.22. The maximum Gasteiger partial charge on any atom is 0.145 e. The summed E-state index contributed by atoms with van der Waals surface area (Å²) in [6, 6.07) is 18.1. The molecule has 0 bridgehead atoms. The smallest absolute Gasteiger partial charge is 0.145 e. The number of para-hydroxylation sites is 1. The van der Waals surface area contributed by atoms with Crippen LogP contribution in [0.4, 0.5) is 17.2 Å². The molecule has 0 saturated carbocycles. The number of rotatable bonds is 7. The third-order valence-electron chi connectivity index (χ3n) is 4.77. The van der Waals surface area contributed by atoms with Gasteiger partial charge in [-0.05, 0) is 36.4 Å². The lowest BCUT2D eigenvalue weighted by atomic mass is 10.2.